The van der Waals surface area contributed by atoms with Crippen molar-refractivity contribution in [1.29, 1.82) is 5.41 Å². The Labute approximate surface area is 220 Å². The quantitative estimate of drug-likeness (QED) is 0.183. The molecule has 0 aromatic heterocycles. The van der Waals surface area contributed by atoms with Crippen LogP contribution in [-0.2, 0) is 4.79 Å². The van der Waals surface area contributed by atoms with Crippen LogP contribution in [0.3, 0.4) is 0 Å². The van der Waals surface area contributed by atoms with E-state index in [1.54, 1.807) is 54.6 Å². The van der Waals surface area contributed by atoms with Gasteiger partial charge in [-0.25, -0.2) is 0 Å². The Bertz CT molecular complexity index is 1350. The number of imide groups is 1. The van der Waals surface area contributed by atoms with E-state index in [-0.39, 0.29) is 23.1 Å². The molecule has 1 aliphatic heterocycles. The number of nitrogens with zero attached hydrogens (tertiary/aromatic N) is 1. The van der Waals surface area contributed by atoms with Crippen LogP contribution in [0.1, 0.15) is 58.7 Å². The molecular formula is C28H29N5O5. The molecule has 4 rings (SSSR count). The third kappa shape index (κ3) is 5.44. The first-order chi connectivity index (χ1) is 18.2. The maximum Gasteiger partial charge on any atom is 0.280 e. The Morgan fingerprint density at radius 2 is 1.61 bits per heavy atom. The van der Waals surface area contributed by atoms with Gasteiger partial charge in [0.25, 0.3) is 17.7 Å². The number of hydrogen-bond donors (Lipinski definition) is 4. The molecule has 3 amide bonds. The maximum atomic E-state index is 13.6. The lowest BCUT2D eigenvalue weighted by molar-refractivity contribution is -0.125. The van der Waals surface area contributed by atoms with E-state index >= 15 is 0 Å². The Hall–Kier alpha value is -4.86. The Morgan fingerprint density at radius 1 is 0.974 bits per heavy atom. The zero-order valence-electron chi connectivity index (χ0n) is 21.3. The van der Waals surface area contributed by atoms with Gasteiger partial charge in [0.15, 0.2) is 11.5 Å². The molecule has 1 unspecified atom stereocenters. The number of nitrogen functional groups attached to an aromatic ring is 1. The molecule has 0 fully saturated rings. The van der Waals surface area contributed by atoms with Crippen molar-refractivity contribution in [2.75, 3.05) is 11.9 Å². The van der Waals surface area contributed by atoms with Crippen LogP contribution in [0.5, 0.6) is 11.5 Å². The number of hydrogen-bond acceptors (Lipinski definition) is 7. The van der Waals surface area contributed by atoms with Gasteiger partial charge >= 0.3 is 0 Å². The molecule has 38 heavy (non-hydrogen) atoms. The lowest BCUT2D eigenvalue weighted by Crippen LogP contribution is -2.48. The number of nitrogens with two attached hydrogens (primary N) is 1. The molecule has 1 aliphatic rings. The van der Waals surface area contributed by atoms with E-state index in [4.69, 9.17) is 20.6 Å². The molecular weight excluding hydrogens is 486 g/mol. The van der Waals surface area contributed by atoms with Crippen molar-refractivity contribution in [3.05, 3.63) is 89.0 Å². The third-order valence-corrected chi connectivity index (χ3v) is 5.75. The summed E-state index contributed by atoms with van der Waals surface area (Å²) in [6.45, 7) is 6.01. The molecule has 10 nitrogen and oxygen atoms in total. The van der Waals surface area contributed by atoms with Crippen molar-refractivity contribution in [3.8, 4) is 11.5 Å². The first-order valence-corrected chi connectivity index (χ1v) is 12.1. The van der Waals surface area contributed by atoms with Gasteiger partial charge < -0.3 is 20.5 Å². The molecule has 3 aromatic rings. The van der Waals surface area contributed by atoms with Crippen molar-refractivity contribution in [3.63, 3.8) is 0 Å². The van der Waals surface area contributed by atoms with Gasteiger partial charge in [-0.15, -0.1) is 0 Å². The molecule has 10 heteroatoms. The maximum absolute atomic E-state index is 13.6. The molecule has 5 N–H and O–H groups in total. The van der Waals surface area contributed by atoms with Crippen LogP contribution in [0.4, 0.5) is 5.69 Å². The fourth-order valence-corrected chi connectivity index (χ4v) is 4.00. The molecule has 0 bridgehead atoms. The zero-order valence-corrected chi connectivity index (χ0v) is 21.3. The molecule has 0 saturated carbocycles. The highest BCUT2D eigenvalue weighted by atomic mass is 16.5. The predicted octanol–water partition coefficient (Wildman–Crippen LogP) is 3.64. The van der Waals surface area contributed by atoms with Gasteiger partial charge in [-0.05, 0) is 74.9 Å². The van der Waals surface area contributed by atoms with Gasteiger partial charge in [0, 0.05) is 11.3 Å². The minimum atomic E-state index is -1.03. The first-order valence-electron chi connectivity index (χ1n) is 12.1. The van der Waals surface area contributed by atoms with E-state index in [9.17, 15) is 14.4 Å². The Kier molecular flexibility index (Phi) is 7.61. The molecule has 0 saturated heterocycles. The monoisotopic (exact) mass is 515 g/mol. The number of rotatable bonds is 10. The Morgan fingerprint density at radius 3 is 2.16 bits per heavy atom. The molecule has 0 radical (unpaired) electrons. The molecule has 0 spiro atoms. The van der Waals surface area contributed by atoms with Crippen LogP contribution in [0.15, 0.2) is 66.7 Å². The lowest BCUT2D eigenvalue weighted by atomic mass is 10.0. The van der Waals surface area contributed by atoms with E-state index in [0.717, 1.165) is 5.01 Å². The normalized spacial score (nSPS) is 13.2. The van der Waals surface area contributed by atoms with E-state index in [0.29, 0.717) is 34.9 Å². The summed E-state index contributed by atoms with van der Waals surface area (Å²) in [5.74, 6) is -0.978. The van der Waals surface area contributed by atoms with Crippen LogP contribution < -0.4 is 25.9 Å². The van der Waals surface area contributed by atoms with Crippen LogP contribution in [0.25, 0.3) is 0 Å². The summed E-state index contributed by atoms with van der Waals surface area (Å²) in [6, 6.07) is 17.1. The number of anilines is 1. The van der Waals surface area contributed by atoms with Gasteiger partial charge in [-0.3, -0.25) is 25.2 Å². The number of carbonyl (C=O) groups excluding carboxylic acids is 3. The SMILES string of the molecule is CCOc1cc(C(Nc2ccc(C(=N)N)cc2)C(=O)NN2C(=O)c3ccccc3C2=O)ccc1OC(C)C. The first kappa shape index (κ1) is 26.2. The summed E-state index contributed by atoms with van der Waals surface area (Å²) >= 11 is 0. The van der Waals surface area contributed by atoms with Crippen LogP contribution >= 0.6 is 0 Å². The largest absolute Gasteiger partial charge is 0.490 e. The van der Waals surface area contributed by atoms with Gasteiger partial charge in [0.2, 0.25) is 0 Å². The summed E-state index contributed by atoms with van der Waals surface area (Å²) in [5, 5.41) is 11.5. The smallest absolute Gasteiger partial charge is 0.280 e. The summed E-state index contributed by atoms with van der Waals surface area (Å²) in [6.07, 6.45) is -0.0918. The Balaban J connectivity index is 1.67. The summed E-state index contributed by atoms with van der Waals surface area (Å²) in [7, 11) is 0. The minimum Gasteiger partial charge on any atom is -0.490 e. The van der Waals surface area contributed by atoms with Crippen molar-refractivity contribution in [2.45, 2.75) is 32.9 Å². The number of benzene rings is 3. The van der Waals surface area contributed by atoms with Crippen molar-refractivity contribution in [2.24, 2.45) is 5.73 Å². The summed E-state index contributed by atoms with van der Waals surface area (Å²) in [5.41, 5.74) is 10.1. The highest BCUT2D eigenvalue weighted by molar-refractivity contribution is 6.21. The predicted molar refractivity (Wildman–Crippen MR) is 142 cm³/mol. The minimum absolute atomic E-state index is 0.0847. The van der Waals surface area contributed by atoms with E-state index in [2.05, 4.69) is 10.7 Å². The van der Waals surface area contributed by atoms with Crippen molar-refractivity contribution < 1.29 is 23.9 Å². The number of nitrogens with one attached hydrogen (secondary N) is 3. The second-order valence-corrected chi connectivity index (χ2v) is 8.84. The lowest BCUT2D eigenvalue weighted by Gasteiger charge is -2.24. The van der Waals surface area contributed by atoms with Crippen LogP contribution in [-0.4, -0.2) is 41.3 Å². The molecule has 3 aromatic carbocycles. The highest BCUT2D eigenvalue weighted by Gasteiger charge is 2.38. The highest BCUT2D eigenvalue weighted by Crippen LogP contribution is 2.33. The van der Waals surface area contributed by atoms with Crippen LogP contribution in [0, 0.1) is 5.41 Å². The van der Waals surface area contributed by atoms with Gasteiger partial charge in [0.05, 0.1) is 23.8 Å². The summed E-state index contributed by atoms with van der Waals surface area (Å²) in [4.78, 5) is 39.3. The molecule has 196 valence electrons. The number of fused-ring (bicyclic) bond motifs is 1. The van der Waals surface area contributed by atoms with E-state index in [1.165, 1.54) is 12.1 Å². The molecule has 1 atom stereocenters. The van der Waals surface area contributed by atoms with Gasteiger partial charge in [-0.1, -0.05) is 18.2 Å². The summed E-state index contributed by atoms with van der Waals surface area (Å²) < 4.78 is 11.6. The van der Waals surface area contributed by atoms with Gasteiger partial charge in [0.1, 0.15) is 11.9 Å². The van der Waals surface area contributed by atoms with E-state index < -0.39 is 23.8 Å². The number of ether oxygens (including phenoxy) is 2. The molecule has 1 heterocycles. The van der Waals surface area contributed by atoms with Crippen molar-refractivity contribution in [1.82, 2.24) is 10.4 Å². The number of hydrazine groups is 1. The van der Waals surface area contributed by atoms with Gasteiger partial charge in [-0.2, -0.15) is 5.01 Å². The van der Waals surface area contributed by atoms with E-state index in [1.807, 2.05) is 20.8 Å². The standard InChI is InChI=1S/C28H29N5O5/c1-4-37-23-15-18(11-14-22(23)38-16(2)3)24(31-19-12-9-17(10-13-19)25(29)30)26(34)32-33-27(35)20-7-5-6-8-21(20)28(33)36/h5-16,24,31H,4H2,1-3H3,(H3,29,30)(H,32,34). The van der Waals surface area contributed by atoms with Crippen molar-refractivity contribution >= 4 is 29.2 Å². The van der Waals surface area contributed by atoms with Crippen LogP contribution in [0.2, 0.25) is 0 Å². The zero-order chi connectivity index (χ0) is 27.4. The fourth-order valence-electron chi connectivity index (χ4n) is 4.00. The fraction of sp³-hybridized carbons (Fsp3) is 0.214. The second-order valence-electron chi connectivity index (χ2n) is 8.84. The average Bonchev–Trinajstić information content (AvgIpc) is 3.13. The topological polar surface area (TPSA) is 147 Å². The number of amidine groups is 1. The number of amides is 3. The average molecular weight is 516 g/mol. The third-order valence-electron chi connectivity index (χ3n) is 5.75. The second kappa shape index (κ2) is 11.0. The molecule has 0 aliphatic carbocycles. The number of carbonyl (C=O) groups is 3.